The minimum atomic E-state index is -0.0907. The van der Waals surface area contributed by atoms with Crippen LogP contribution in [0.5, 0.6) is 0 Å². The first kappa shape index (κ1) is 11.9. The number of hydrogen-bond donors (Lipinski definition) is 1. The Labute approximate surface area is 104 Å². The van der Waals surface area contributed by atoms with Crippen molar-refractivity contribution in [1.29, 1.82) is 0 Å². The summed E-state index contributed by atoms with van der Waals surface area (Å²) >= 11 is 1.44. The lowest BCUT2D eigenvalue weighted by Crippen LogP contribution is -2.10. The first-order valence-electron chi connectivity index (χ1n) is 5.37. The van der Waals surface area contributed by atoms with E-state index in [1.54, 1.807) is 6.07 Å². The molecule has 0 atom stereocenters. The van der Waals surface area contributed by atoms with Gasteiger partial charge in [-0.15, -0.1) is 0 Å². The molecule has 1 heterocycles. The van der Waals surface area contributed by atoms with Crippen LogP contribution in [-0.4, -0.2) is 16.2 Å². The number of benzene rings is 1. The maximum absolute atomic E-state index is 11.4. The van der Waals surface area contributed by atoms with E-state index in [1.165, 1.54) is 22.9 Å². The highest BCUT2D eigenvalue weighted by molar-refractivity contribution is 7.98. The van der Waals surface area contributed by atoms with Crippen molar-refractivity contribution in [1.82, 2.24) is 9.97 Å². The predicted molar refractivity (Wildman–Crippen MR) is 70.6 cm³/mol. The number of hydrogen-bond acceptors (Lipinski definition) is 3. The molecule has 0 fully saturated rings. The quantitative estimate of drug-likeness (QED) is 0.668. The van der Waals surface area contributed by atoms with Gasteiger partial charge < -0.3 is 4.98 Å². The van der Waals surface area contributed by atoms with Crippen LogP contribution in [-0.2, 0) is 6.42 Å². The van der Waals surface area contributed by atoms with Gasteiger partial charge >= 0.3 is 0 Å². The molecule has 1 N–H and O–H groups in total. The number of nitrogens with zero attached hydrogens (tertiary/aromatic N) is 1. The Kier molecular flexibility index (Phi) is 3.64. The molecule has 0 unspecified atom stereocenters. The van der Waals surface area contributed by atoms with E-state index < -0.39 is 0 Å². The summed E-state index contributed by atoms with van der Waals surface area (Å²) in [5, 5.41) is 0.667. The molecule has 0 radical (unpaired) electrons. The van der Waals surface area contributed by atoms with Crippen molar-refractivity contribution < 1.29 is 0 Å². The molecule has 4 heteroatoms. The number of thioether (sulfide) groups is 1. The summed E-state index contributed by atoms with van der Waals surface area (Å²) in [6.45, 7) is 2.06. The molecule has 88 valence electrons. The topological polar surface area (TPSA) is 45.8 Å². The summed E-state index contributed by atoms with van der Waals surface area (Å²) in [5.41, 5.74) is 3.11. The predicted octanol–water partition coefficient (Wildman–Crippen LogP) is 2.39. The van der Waals surface area contributed by atoms with Gasteiger partial charge in [-0.3, -0.25) is 4.79 Å². The lowest BCUT2D eigenvalue weighted by molar-refractivity contribution is 0.881. The molecule has 0 amide bonds. The highest BCUT2D eigenvalue weighted by Gasteiger charge is 2.02. The zero-order chi connectivity index (χ0) is 12.3. The maximum Gasteiger partial charge on any atom is 0.251 e. The van der Waals surface area contributed by atoms with E-state index in [0.717, 1.165) is 5.69 Å². The third kappa shape index (κ3) is 3.20. The average Bonchev–Trinajstić information content (AvgIpc) is 2.28. The average molecular weight is 246 g/mol. The summed E-state index contributed by atoms with van der Waals surface area (Å²) in [5.74, 6) is 0. The SMILES string of the molecule is CSc1nc(Cc2cccc(C)c2)cc(=O)[nH]1. The van der Waals surface area contributed by atoms with Crippen molar-refractivity contribution in [3.63, 3.8) is 0 Å². The molecule has 1 aromatic heterocycles. The van der Waals surface area contributed by atoms with E-state index in [9.17, 15) is 4.79 Å². The molecular weight excluding hydrogens is 232 g/mol. The molecule has 2 aromatic rings. The zero-order valence-corrected chi connectivity index (χ0v) is 10.7. The third-order valence-corrected chi connectivity index (χ3v) is 3.01. The number of aryl methyl sites for hydroxylation is 1. The van der Waals surface area contributed by atoms with Gasteiger partial charge in [-0.05, 0) is 18.7 Å². The lowest BCUT2D eigenvalue weighted by atomic mass is 10.1. The minimum Gasteiger partial charge on any atom is -0.301 e. The second kappa shape index (κ2) is 5.19. The fraction of sp³-hybridized carbons (Fsp3) is 0.231. The van der Waals surface area contributed by atoms with Gasteiger partial charge in [0.25, 0.3) is 5.56 Å². The zero-order valence-electron chi connectivity index (χ0n) is 9.86. The van der Waals surface area contributed by atoms with Crippen LogP contribution in [0.15, 0.2) is 40.3 Å². The number of aromatic nitrogens is 2. The Bertz CT molecular complexity index is 578. The Morgan fingerprint density at radius 3 is 2.88 bits per heavy atom. The smallest absolute Gasteiger partial charge is 0.251 e. The van der Waals surface area contributed by atoms with Gasteiger partial charge in [0.1, 0.15) is 0 Å². The molecule has 0 saturated carbocycles. The highest BCUT2D eigenvalue weighted by Crippen LogP contribution is 2.11. The minimum absolute atomic E-state index is 0.0907. The summed E-state index contributed by atoms with van der Waals surface area (Å²) < 4.78 is 0. The second-order valence-electron chi connectivity index (χ2n) is 3.91. The van der Waals surface area contributed by atoms with E-state index in [1.807, 2.05) is 12.3 Å². The number of rotatable bonds is 3. The van der Waals surface area contributed by atoms with E-state index >= 15 is 0 Å². The van der Waals surface area contributed by atoms with Crippen LogP contribution in [0.25, 0.3) is 0 Å². The Hall–Kier alpha value is -1.55. The lowest BCUT2D eigenvalue weighted by Gasteiger charge is -2.03. The maximum atomic E-state index is 11.4. The Morgan fingerprint density at radius 2 is 2.18 bits per heavy atom. The summed E-state index contributed by atoms with van der Waals surface area (Å²) in [7, 11) is 0. The van der Waals surface area contributed by atoms with Crippen LogP contribution in [0.1, 0.15) is 16.8 Å². The van der Waals surface area contributed by atoms with Crippen LogP contribution in [0.2, 0.25) is 0 Å². The number of aromatic amines is 1. The van der Waals surface area contributed by atoms with Gasteiger partial charge in [-0.1, -0.05) is 41.6 Å². The Balaban J connectivity index is 2.29. The molecule has 0 saturated heterocycles. The van der Waals surface area contributed by atoms with E-state index in [4.69, 9.17) is 0 Å². The van der Waals surface area contributed by atoms with Crippen molar-refractivity contribution in [3.05, 3.63) is 57.5 Å². The van der Waals surface area contributed by atoms with Crippen molar-refractivity contribution in [2.24, 2.45) is 0 Å². The van der Waals surface area contributed by atoms with Gasteiger partial charge in [0.2, 0.25) is 0 Å². The Morgan fingerprint density at radius 1 is 1.35 bits per heavy atom. The van der Waals surface area contributed by atoms with Gasteiger partial charge in [0, 0.05) is 12.5 Å². The van der Waals surface area contributed by atoms with Crippen molar-refractivity contribution >= 4 is 11.8 Å². The summed E-state index contributed by atoms with van der Waals surface area (Å²) in [4.78, 5) is 18.5. The van der Waals surface area contributed by atoms with Crippen LogP contribution in [0, 0.1) is 6.92 Å². The molecule has 0 aliphatic rings. The molecule has 0 aliphatic heterocycles. The van der Waals surface area contributed by atoms with Crippen LogP contribution in [0.4, 0.5) is 0 Å². The molecule has 3 nitrogen and oxygen atoms in total. The van der Waals surface area contributed by atoms with Gasteiger partial charge in [-0.2, -0.15) is 0 Å². The van der Waals surface area contributed by atoms with Crippen molar-refractivity contribution in [3.8, 4) is 0 Å². The molecule has 17 heavy (non-hydrogen) atoms. The number of nitrogens with one attached hydrogen (secondary N) is 1. The van der Waals surface area contributed by atoms with Crippen molar-refractivity contribution in [2.75, 3.05) is 6.26 Å². The molecule has 0 aliphatic carbocycles. The van der Waals surface area contributed by atoms with Crippen LogP contribution >= 0.6 is 11.8 Å². The molecular formula is C13H14N2OS. The molecule has 1 aromatic carbocycles. The molecule has 0 spiro atoms. The van der Waals surface area contributed by atoms with E-state index in [2.05, 4.69) is 35.1 Å². The number of H-pyrrole nitrogens is 1. The standard InChI is InChI=1S/C13H14N2OS/c1-9-4-3-5-10(6-9)7-11-8-12(16)15-13(14-11)17-2/h3-6,8H,7H2,1-2H3,(H,14,15,16). The van der Waals surface area contributed by atoms with Crippen molar-refractivity contribution in [2.45, 2.75) is 18.5 Å². The first-order valence-corrected chi connectivity index (χ1v) is 6.59. The fourth-order valence-electron chi connectivity index (χ4n) is 1.70. The first-order chi connectivity index (χ1) is 8.17. The summed E-state index contributed by atoms with van der Waals surface area (Å²) in [6, 6.07) is 9.80. The molecule has 0 bridgehead atoms. The summed E-state index contributed by atoms with van der Waals surface area (Å²) in [6.07, 6.45) is 2.59. The largest absolute Gasteiger partial charge is 0.301 e. The fourth-order valence-corrected chi connectivity index (χ4v) is 2.11. The van der Waals surface area contributed by atoms with Crippen LogP contribution in [0.3, 0.4) is 0 Å². The third-order valence-electron chi connectivity index (χ3n) is 2.43. The van der Waals surface area contributed by atoms with E-state index in [-0.39, 0.29) is 5.56 Å². The van der Waals surface area contributed by atoms with Crippen LogP contribution < -0.4 is 5.56 Å². The highest BCUT2D eigenvalue weighted by atomic mass is 32.2. The molecule has 2 rings (SSSR count). The van der Waals surface area contributed by atoms with Gasteiger partial charge in [0.15, 0.2) is 5.16 Å². The van der Waals surface area contributed by atoms with Gasteiger partial charge in [-0.25, -0.2) is 4.98 Å². The monoisotopic (exact) mass is 246 g/mol. The van der Waals surface area contributed by atoms with E-state index in [0.29, 0.717) is 11.6 Å². The second-order valence-corrected chi connectivity index (χ2v) is 4.71. The normalized spacial score (nSPS) is 10.5. The van der Waals surface area contributed by atoms with Gasteiger partial charge in [0.05, 0.1) is 5.69 Å².